The molecule has 0 nitrogen and oxygen atoms in total. The molecule has 4 aromatic rings. The zero-order valence-electron chi connectivity index (χ0n) is 17.3. The molecule has 0 aliphatic carbocycles. The van der Waals surface area contributed by atoms with Gasteiger partial charge in [0.2, 0.25) is 0 Å². The molecule has 134 valence electrons. The van der Waals surface area contributed by atoms with Gasteiger partial charge in [-0.3, -0.25) is 0 Å². The van der Waals surface area contributed by atoms with Gasteiger partial charge in [-0.15, -0.1) is 0 Å². The summed E-state index contributed by atoms with van der Waals surface area (Å²) >= 11 is 0. The summed E-state index contributed by atoms with van der Waals surface area (Å²) in [6, 6.07) is 20.4. The third-order valence-corrected chi connectivity index (χ3v) is 7.64. The van der Waals surface area contributed by atoms with E-state index in [-0.39, 0.29) is 0 Å². The van der Waals surface area contributed by atoms with Crippen LogP contribution in [-0.2, 0) is 0 Å². The first-order chi connectivity index (χ1) is 12.8. The number of rotatable bonds is 2. The van der Waals surface area contributed by atoms with Gasteiger partial charge in [0.25, 0.3) is 0 Å². The first kappa shape index (κ1) is 18.2. The minimum atomic E-state index is -1.52. The number of hydrogen-bond donors (Lipinski definition) is 0. The van der Waals surface area contributed by atoms with E-state index in [9.17, 15) is 0 Å². The van der Waals surface area contributed by atoms with Gasteiger partial charge in [-0.2, -0.15) is 0 Å². The van der Waals surface area contributed by atoms with Crippen LogP contribution in [0, 0.1) is 20.8 Å². The first-order valence-corrected chi connectivity index (χ1v) is 13.3. The Hall–Kier alpha value is -2.19. The van der Waals surface area contributed by atoms with Crippen LogP contribution in [0.15, 0.2) is 54.6 Å². The molecule has 0 fully saturated rings. The van der Waals surface area contributed by atoms with Crippen molar-refractivity contribution >= 4 is 41.5 Å². The van der Waals surface area contributed by atoms with Crippen LogP contribution in [0.2, 0.25) is 19.6 Å². The van der Waals surface area contributed by atoms with Gasteiger partial charge < -0.3 is 0 Å². The Morgan fingerprint density at radius 1 is 0.741 bits per heavy atom. The Bertz CT molecular complexity index is 1160. The molecule has 0 atom stereocenters. The van der Waals surface area contributed by atoms with Gasteiger partial charge in [-0.25, -0.2) is 0 Å². The van der Waals surface area contributed by atoms with Crippen molar-refractivity contribution in [2.45, 2.75) is 40.4 Å². The molecule has 0 unspecified atom stereocenters. The standard InChI is InChI=1S/C25H27BSi/c1-16-14-17(2)23(18(3)15-16)20-11-9-12-21-24(20)26-22-13-8-7-10-19(22)25(21)27(4,5)6/h7-15H,1-6H3. The van der Waals surface area contributed by atoms with Crippen LogP contribution in [0.3, 0.4) is 0 Å². The fraction of sp³-hybridized carbons (Fsp3) is 0.240. The zero-order chi connectivity index (χ0) is 19.3. The van der Waals surface area contributed by atoms with Crippen LogP contribution in [0.4, 0.5) is 0 Å². The van der Waals surface area contributed by atoms with Gasteiger partial charge in [0.05, 0.1) is 0 Å². The summed E-state index contributed by atoms with van der Waals surface area (Å²) in [6.45, 7) is 16.5. The minimum absolute atomic E-state index is 1.34. The van der Waals surface area contributed by atoms with E-state index in [4.69, 9.17) is 0 Å². The molecular weight excluding hydrogens is 339 g/mol. The topological polar surface area (TPSA) is 0 Å². The van der Waals surface area contributed by atoms with Crippen LogP contribution in [0.25, 0.3) is 32.5 Å². The second kappa shape index (κ2) is 6.46. The molecule has 27 heavy (non-hydrogen) atoms. The van der Waals surface area contributed by atoms with E-state index in [1.54, 1.807) is 5.19 Å². The Morgan fingerprint density at radius 3 is 2.04 bits per heavy atom. The van der Waals surface area contributed by atoms with E-state index in [0.717, 1.165) is 0 Å². The average molecular weight is 366 g/mol. The first-order valence-electron chi connectivity index (χ1n) is 9.80. The summed E-state index contributed by atoms with van der Waals surface area (Å²) in [5.74, 6) is 0. The van der Waals surface area contributed by atoms with Gasteiger partial charge in [-0.1, -0.05) is 0 Å². The van der Waals surface area contributed by atoms with E-state index in [2.05, 4.69) is 102 Å². The van der Waals surface area contributed by atoms with Gasteiger partial charge in [-0.05, 0) is 0 Å². The van der Waals surface area contributed by atoms with Crippen LogP contribution >= 0.6 is 0 Å². The Morgan fingerprint density at radius 2 is 1.37 bits per heavy atom. The third-order valence-electron chi connectivity index (χ3n) is 5.60. The molecule has 0 radical (unpaired) electrons. The molecule has 2 heteroatoms. The molecule has 0 saturated heterocycles. The van der Waals surface area contributed by atoms with Crippen molar-refractivity contribution in [1.29, 1.82) is 0 Å². The van der Waals surface area contributed by atoms with E-state index in [1.165, 1.54) is 49.2 Å². The second-order valence-corrected chi connectivity index (χ2v) is 13.9. The van der Waals surface area contributed by atoms with E-state index in [1.807, 2.05) is 0 Å². The molecule has 3 aromatic carbocycles. The van der Waals surface area contributed by atoms with E-state index < -0.39 is 8.07 Å². The normalized spacial score (nSPS) is 11.9. The number of hydrogen-bond acceptors (Lipinski definition) is 0. The summed E-state index contributed by atoms with van der Waals surface area (Å²) < 4.78 is 0. The van der Waals surface area contributed by atoms with Crippen LogP contribution in [0.5, 0.6) is 0 Å². The van der Waals surface area contributed by atoms with Gasteiger partial charge >= 0.3 is 164 Å². The van der Waals surface area contributed by atoms with Crippen molar-refractivity contribution in [1.82, 2.24) is 0 Å². The van der Waals surface area contributed by atoms with Crippen molar-refractivity contribution in [3.8, 4) is 11.1 Å². The molecule has 4 rings (SSSR count). The molecule has 0 aliphatic rings. The second-order valence-electron chi connectivity index (χ2n) is 8.90. The Labute approximate surface area is 164 Å². The average Bonchev–Trinajstić information content (AvgIpc) is 2.58. The van der Waals surface area contributed by atoms with Gasteiger partial charge in [0.1, 0.15) is 0 Å². The number of fused-ring (bicyclic) bond motifs is 2. The van der Waals surface area contributed by atoms with Crippen molar-refractivity contribution in [3.63, 3.8) is 0 Å². The summed E-state index contributed by atoms with van der Waals surface area (Å²) in [4.78, 5) is 0. The van der Waals surface area contributed by atoms with E-state index >= 15 is 0 Å². The monoisotopic (exact) mass is 366 g/mol. The fourth-order valence-electron chi connectivity index (χ4n) is 4.72. The Kier molecular flexibility index (Phi) is 4.35. The molecule has 0 saturated carbocycles. The molecule has 0 aliphatic heterocycles. The van der Waals surface area contributed by atoms with E-state index in [0.29, 0.717) is 0 Å². The van der Waals surface area contributed by atoms with Gasteiger partial charge in [0, 0.05) is 0 Å². The van der Waals surface area contributed by atoms with Crippen LogP contribution < -0.4 is 5.19 Å². The third kappa shape index (κ3) is 3.06. The molecule has 0 N–H and O–H groups in total. The molecule has 0 amide bonds. The molecule has 1 heterocycles. The summed E-state index contributed by atoms with van der Waals surface area (Å²) in [6.07, 6.45) is 0. The summed E-state index contributed by atoms with van der Waals surface area (Å²) in [5, 5.41) is 7.20. The Balaban J connectivity index is 2.19. The quantitative estimate of drug-likeness (QED) is 0.282. The van der Waals surface area contributed by atoms with Gasteiger partial charge in [0.15, 0.2) is 0 Å². The van der Waals surface area contributed by atoms with Crippen molar-refractivity contribution in [3.05, 3.63) is 71.3 Å². The zero-order valence-corrected chi connectivity index (χ0v) is 18.3. The molecular formula is C25H27BSi. The molecule has 1 aromatic heterocycles. The van der Waals surface area contributed by atoms with Crippen molar-refractivity contribution in [2.24, 2.45) is 0 Å². The summed E-state index contributed by atoms with van der Waals surface area (Å²) in [5.41, 5.74) is 6.82. The van der Waals surface area contributed by atoms with Crippen LogP contribution in [0.1, 0.15) is 16.7 Å². The molecule has 0 spiro atoms. The predicted molar refractivity (Wildman–Crippen MR) is 125 cm³/mol. The number of benzene rings is 3. The van der Waals surface area contributed by atoms with Crippen molar-refractivity contribution < 1.29 is 0 Å². The fourth-order valence-corrected chi connectivity index (χ4v) is 6.78. The van der Waals surface area contributed by atoms with Crippen molar-refractivity contribution in [2.75, 3.05) is 0 Å². The van der Waals surface area contributed by atoms with Crippen LogP contribution in [-0.4, -0.2) is 15.0 Å². The molecule has 0 bridgehead atoms. The SMILES string of the molecule is Cc1cc(C)c(-c2cccc3c([Si](C)(C)C)c4ccccc4bc23)c(C)c1. The predicted octanol–water partition coefficient (Wildman–Crippen LogP) is 6.47. The number of aryl methyl sites for hydroxylation is 3. The maximum absolute atomic E-state index is 2.46. The maximum atomic E-state index is 2.46. The summed E-state index contributed by atoms with van der Waals surface area (Å²) in [7, 11) is -1.52.